The molecule has 0 bridgehead atoms. The van der Waals surface area contributed by atoms with E-state index in [0.717, 1.165) is 43.3 Å². The highest BCUT2D eigenvalue weighted by Gasteiger charge is 2.15. The Hall–Kier alpha value is -2.14. The molecule has 0 aliphatic carbocycles. The predicted molar refractivity (Wildman–Crippen MR) is 88.7 cm³/mol. The van der Waals surface area contributed by atoms with Gasteiger partial charge in [-0.05, 0) is 38.3 Å². The molecule has 1 aliphatic rings. The summed E-state index contributed by atoms with van der Waals surface area (Å²) >= 11 is 0. The lowest BCUT2D eigenvalue weighted by molar-refractivity contribution is 0.120. The van der Waals surface area contributed by atoms with E-state index < -0.39 is 0 Å². The highest BCUT2D eigenvalue weighted by Crippen LogP contribution is 2.21. The number of nitrogens with one attached hydrogen (secondary N) is 2. The predicted octanol–water partition coefficient (Wildman–Crippen LogP) is 3.43. The fourth-order valence-corrected chi connectivity index (χ4v) is 2.64. The van der Waals surface area contributed by atoms with Crippen molar-refractivity contribution in [2.75, 3.05) is 23.8 Å². The summed E-state index contributed by atoms with van der Waals surface area (Å²) in [7, 11) is 0. The van der Waals surface area contributed by atoms with Crippen molar-refractivity contribution in [1.82, 2.24) is 9.97 Å². The molecular weight excluding hydrogens is 276 g/mol. The number of hydrogen-bond donors (Lipinski definition) is 2. The number of ether oxygens (including phenoxy) is 1. The lowest BCUT2D eigenvalue weighted by Crippen LogP contribution is -2.19. The number of anilines is 3. The van der Waals surface area contributed by atoms with E-state index in [2.05, 4.69) is 52.6 Å². The number of rotatable bonds is 5. The normalized spacial score (nSPS) is 17.5. The van der Waals surface area contributed by atoms with Gasteiger partial charge in [0.2, 0.25) is 0 Å². The molecule has 1 atom stereocenters. The van der Waals surface area contributed by atoms with Gasteiger partial charge in [0.05, 0.1) is 6.10 Å². The van der Waals surface area contributed by atoms with Crippen LogP contribution in [0.25, 0.3) is 0 Å². The zero-order valence-corrected chi connectivity index (χ0v) is 13.1. The average molecular weight is 298 g/mol. The van der Waals surface area contributed by atoms with Crippen molar-refractivity contribution < 1.29 is 4.74 Å². The van der Waals surface area contributed by atoms with Gasteiger partial charge in [-0.2, -0.15) is 0 Å². The second-order valence-corrected chi connectivity index (χ2v) is 5.75. The molecule has 3 rings (SSSR count). The van der Waals surface area contributed by atoms with Crippen LogP contribution in [0.2, 0.25) is 0 Å². The molecule has 22 heavy (non-hydrogen) atoms. The van der Waals surface area contributed by atoms with Crippen LogP contribution in [0, 0.1) is 13.8 Å². The summed E-state index contributed by atoms with van der Waals surface area (Å²) in [4.78, 5) is 8.55. The van der Waals surface area contributed by atoms with Crippen molar-refractivity contribution in [3.8, 4) is 0 Å². The van der Waals surface area contributed by atoms with E-state index in [-0.39, 0.29) is 0 Å². The summed E-state index contributed by atoms with van der Waals surface area (Å²) in [6, 6.07) is 8.24. The van der Waals surface area contributed by atoms with Crippen molar-refractivity contribution in [2.24, 2.45) is 0 Å². The molecule has 2 N–H and O–H groups in total. The second-order valence-electron chi connectivity index (χ2n) is 5.75. The van der Waals surface area contributed by atoms with E-state index in [9.17, 15) is 0 Å². The van der Waals surface area contributed by atoms with Crippen LogP contribution in [0.4, 0.5) is 17.3 Å². The Morgan fingerprint density at radius 3 is 2.82 bits per heavy atom. The third-order valence-electron chi connectivity index (χ3n) is 3.85. The van der Waals surface area contributed by atoms with E-state index >= 15 is 0 Å². The van der Waals surface area contributed by atoms with Crippen molar-refractivity contribution >= 4 is 17.3 Å². The van der Waals surface area contributed by atoms with Crippen molar-refractivity contribution in [2.45, 2.75) is 32.8 Å². The van der Waals surface area contributed by atoms with Gasteiger partial charge in [-0.15, -0.1) is 0 Å². The maximum absolute atomic E-state index is 5.61. The van der Waals surface area contributed by atoms with Gasteiger partial charge in [0.25, 0.3) is 0 Å². The van der Waals surface area contributed by atoms with E-state index in [1.807, 2.05) is 6.07 Å². The minimum atomic E-state index is 0.297. The topological polar surface area (TPSA) is 59.1 Å². The van der Waals surface area contributed by atoms with Crippen LogP contribution in [0.1, 0.15) is 24.0 Å². The van der Waals surface area contributed by atoms with Crippen LogP contribution in [0.5, 0.6) is 0 Å². The Balaban J connectivity index is 1.65. The van der Waals surface area contributed by atoms with Crippen LogP contribution in [-0.2, 0) is 4.74 Å². The Kier molecular flexibility index (Phi) is 4.53. The van der Waals surface area contributed by atoms with Gasteiger partial charge >= 0.3 is 0 Å². The first kappa shape index (κ1) is 14.8. The summed E-state index contributed by atoms with van der Waals surface area (Å²) in [5.74, 6) is 1.61. The largest absolute Gasteiger partial charge is 0.376 e. The Morgan fingerprint density at radius 2 is 2.05 bits per heavy atom. The molecule has 0 saturated carbocycles. The highest BCUT2D eigenvalue weighted by atomic mass is 16.5. The zero-order chi connectivity index (χ0) is 15.4. The van der Waals surface area contributed by atoms with Gasteiger partial charge in [0.1, 0.15) is 18.0 Å². The lowest BCUT2D eigenvalue weighted by atomic mass is 10.1. The van der Waals surface area contributed by atoms with Gasteiger partial charge in [-0.25, -0.2) is 9.97 Å². The summed E-state index contributed by atoms with van der Waals surface area (Å²) in [5.41, 5.74) is 3.52. The van der Waals surface area contributed by atoms with E-state index in [0.29, 0.717) is 6.10 Å². The first-order valence-corrected chi connectivity index (χ1v) is 7.72. The number of benzene rings is 1. The molecule has 1 aliphatic heterocycles. The number of aromatic nitrogens is 2. The average Bonchev–Trinajstić information content (AvgIpc) is 3.02. The van der Waals surface area contributed by atoms with Crippen molar-refractivity contribution in [1.29, 1.82) is 0 Å². The molecule has 116 valence electrons. The zero-order valence-electron chi connectivity index (χ0n) is 13.1. The minimum Gasteiger partial charge on any atom is -0.376 e. The minimum absolute atomic E-state index is 0.297. The van der Waals surface area contributed by atoms with Crippen LogP contribution in [-0.4, -0.2) is 29.2 Å². The van der Waals surface area contributed by atoms with Gasteiger partial charge < -0.3 is 15.4 Å². The molecule has 5 nitrogen and oxygen atoms in total. The fourth-order valence-electron chi connectivity index (χ4n) is 2.64. The van der Waals surface area contributed by atoms with Gasteiger partial charge in [-0.1, -0.05) is 17.7 Å². The molecular formula is C17H22N4O. The number of hydrogen-bond acceptors (Lipinski definition) is 5. The van der Waals surface area contributed by atoms with Gasteiger partial charge in [-0.3, -0.25) is 0 Å². The van der Waals surface area contributed by atoms with E-state index in [1.54, 1.807) is 6.33 Å². The Morgan fingerprint density at radius 1 is 1.18 bits per heavy atom. The monoisotopic (exact) mass is 298 g/mol. The summed E-state index contributed by atoms with van der Waals surface area (Å²) in [6.45, 7) is 5.84. The van der Waals surface area contributed by atoms with Gasteiger partial charge in [0.15, 0.2) is 0 Å². The summed E-state index contributed by atoms with van der Waals surface area (Å²) in [6.07, 6.45) is 4.14. The first-order chi connectivity index (χ1) is 10.7. The SMILES string of the molecule is Cc1ccc(Nc2cc(NCC3CCCO3)ncn2)c(C)c1. The van der Waals surface area contributed by atoms with E-state index in [1.165, 1.54) is 11.1 Å². The number of nitrogens with zero attached hydrogens (tertiary/aromatic N) is 2. The molecule has 1 unspecified atom stereocenters. The van der Waals surface area contributed by atoms with Crippen molar-refractivity contribution in [3.05, 3.63) is 41.7 Å². The Bertz CT molecular complexity index is 638. The molecule has 5 heteroatoms. The van der Waals surface area contributed by atoms with E-state index in [4.69, 9.17) is 4.74 Å². The molecule has 2 heterocycles. The Labute approximate surface area is 131 Å². The number of aryl methyl sites for hydroxylation is 2. The van der Waals surface area contributed by atoms with Crippen LogP contribution in [0.3, 0.4) is 0 Å². The van der Waals surface area contributed by atoms with Crippen LogP contribution < -0.4 is 10.6 Å². The molecule has 1 fully saturated rings. The first-order valence-electron chi connectivity index (χ1n) is 7.72. The molecule has 1 saturated heterocycles. The molecule has 0 radical (unpaired) electrons. The molecule has 0 amide bonds. The summed E-state index contributed by atoms with van der Waals surface area (Å²) < 4.78 is 5.61. The lowest BCUT2D eigenvalue weighted by Gasteiger charge is -2.13. The van der Waals surface area contributed by atoms with Crippen molar-refractivity contribution in [3.63, 3.8) is 0 Å². The summed E-state index contributed by atoms with van der Waals surface area (Å²) in [5, 5.41) is 6.67. The fraction of sp³-hybridized carbons (Fsp3) is 0.412. The quantitative estimate of drug-likeness (QED) is 0.885. The van der Waals surface area contributed by atoms with Crippen LogP contribution in [0.15, 0.2) is 30.6 Å². The maximum atomic E-state index is 5.61. The molecule has 1 aromatic heterocycles. The standard InChI is InChI=1S/C17H22N4O/c1-12-5-6-15(13(2)8-12)21-17-9-16(19-11-20-17)18-10-14-4-3-7-22-14/h5-6,8-9,11,14H,3-4,7,10H2,1-2H3,(H2,18,19,20,21). The highest BCUT2D eigenvalue weighted by molar-refractivity contribution is 5.62. The second kappa shape index (κ2) is 6.75. The molecule has 2 aromatic rings. The third-order valence-corrected chi connectivity index (χ3v) is 3.85. The van der Waals surface area contributed by atoms with Crippen LogP contribution >= 0.6 is 0 Å². The third kappa shape index (κ3) is 3.74. The molecule has 1 aromatic carbocycles. The smallest absolute Gasteiger partial charge is 0.135 e. The van der Waals surface area contributed by atoms with Gasteiger partial charge in [0, 0.05) is 24.9 Å². The molecule has 0 spiro atoms. The maximum Gasteiger partial charge on any atom is 0.135 e.